The van der Waals surface area contributed by atoms with Crippen LogP contribution in [0.15, 0.2) is 0 Å². The minimum Gasteiger partial charge on any atom is -0.366 e. The van der Waals surface area contributed by atoms with Crippen molar-refractivity contribution in [2.24, 2.45) is 0 Å². The third kappa shape index (κ3) is 5.07. The Balaban J connectivity index is 4.00. The Bertz CT molecular complexity index is 142. The molecule has 0 aromatic heterocycles. The average Bonchev–Trinajstić information content (AvgIpc) is 2.23. The number of nitrogens with one attached hydrogen (secondary N) is 1. The van der Waals surface area contributed by atoms with Gasteiger partial charge in [-0.3, -0.25) is 5.32 Å². The van der Waals surface area contributed by atoms with Crippen LogP contribution in [0.2, 0.25) is 0 Å². The first kappa shape index (κ1) is 14.1. The second-order valence-corrected chi connectivity index (χ2v) is 4.95. The van der Waals surface area contributed by atoms with Crippen molar-refractivity contribution in [2.45, 2.75) is 31.4 Å². The maximum atomic E-state index is 5.32. The predicted octanol–water partition coefficient (Wildman–Crippen LogP) is -0.339. The lowest BCUT2D eigenvalue weighted by molar-refractivity contribution is -0.166. The van der Waals surface area contributed by atoms with Gasteiger partial charge in [0, 0.05) is 27.8 Å². The summed E-state index contributed by atoms with van der Waals surface area (Å²) in [7, 11) is 5.85. The fourth-order valence-corrected chi connectivity index (χ4v) is 1.50. The maximum Gasteiger partial charge on any atom is 0.144 e. The molecule has 1 atom stereocenters. The van der Waals surface area contributed by atoms with Crippen molar-refractivity contribution in [1.29, 1.82) is 0 Å². The van der Waals surface area contributed by atoms with Crippen LogP contribution >= 0.6 is 0 Å². The molecule has 0 amide bonds. The van der Waals surface area contributed by atoms with E-state index >= 15 is 0 Å². The minimum atomic E-state index is -0.443. The minimum absolute atomic E-state index is 0.00681. The lowest BCUT2D eigenvalue weighted by Gasteiger charge is -2.30. The molecule has 5 heteroatoms. The van der Waals surface area contributed by atoms with Gasteiger partial charge in [0.05, 0.1) is 10.2 Å². The van der Waals surface area contributed by atoms with Gasteiger partial charge in [0.15, 0.2) is 0 Å². The van der Waals surface area contributed by atoms with Gasteiger partial charge in [-0.25, -0.2) is 0 Å². The van der Waals surface area contributed by atoms with Crippen LogP contribution in [0.25, 0.3) is 0 Å². The van der Waals surface area contributed by atoms with Crippen molar-refractivity contribution in [3.8, 4) is 0 Å². The zero-order valence-electron chi connectivity index (χ0n) is 9.92. The predicted molar refractivity (Wildman–Crippen MR) is 60.4 cm³/mol. The molecule has 0 aromatic rings. The summed E-state index contributed by atoms with van der Waals surface area (Å²) in [5.74, 6) is 0. The molecule has 0 saturated carbocycles. The molecule has 0 rings (SSSR count). The standard InChI is InChI=1S/C9H23NO3Si/c1-5-6-10-8(11-2)7-9(14,12-3)13-4/h8,10H,5-7H2,1-4,14H3. The summed E-state index contributed by atoms with van der Waals surface area (Å²) in [5.41, 5.74) is -0.443. The molecule has 0 aromatic carbocycles. The highest BCUT2D eigenvalue weighted by atomic mass is 28.1. The molecule has 1 N–H and O–H groups in total. The smallest absolute Gasteiger partial charge is 0.144 e. The van der Waals surface area contributed by atoms with E-state index in [0.717, 1.165) is 29.6 Å². The van der Waals surface area contributed by atoms with Crippen molar-refractivity contribution in [3.05, 3.63) is 0 Å². The Hall–Kier alpha value is 0.0569. The van der Waals surface area contributed by atoms with Gasteiger partial charge in [-0.05, 0) is 13.0 Å². The Morgan fingerprint density at radius 3 is 2.21 bits per heavy atom. The lowest BCUT2D eigenvalue weighted by Crippen LogP contribution is -2.44. The van der Waals surface area contributed by atoms with Crippen molar-refractivity contribution < 1.29 is 14.2 Å². The van der Waals surface area contributed by atoms with Crippen molar-refractivity contribution in [2.75, 3.05) is 27.9 Å². The van der Waals surface area contributed by atoms with E-state index in [9.17, 15) is 0 Å². The molecule has 0 bridgehead atoms. The summed E-state index contributed by atoms with van der Waals surface area (Å²) >= 11 is 0. The highest BCUT2D eigenvalue weighted by Crippen LogP contribution is 2.14. The van der Waals surface area contributed by atoms with E-state index in [-0.39, 0.29) is 6.23 Å². The molecule has 0 aliphatic carbocycles. The second kappa shape index (κ2) is 7.36. The molecule has 4 nitrogen and oxygen atoms in total. The lowest BCUT2D eigenvalue weighted by atomic mass is 10.3. The van der Waals surface area contributed by atoms with E-state index < -0.39 is 5.41 Å². The fourth-order valence-electron chi connectivity index (χ4n) is 1.13. The van der Waals surface area contributed by atoms with Gasteiger partial charge in [0.25, 0.3) is 0 Å². The summed E-state index contributed by atoms with van der Waals surface area (Å²) in [5, 5.41) is 3.28. The zero-order valence-corrected chi connectivity index (χ0v) is 11.9. The normalized spacial score (nSPS) is 14.6. The highest BCUT2D eigenvalue weighted by molar-refractivity contribution is 6.13. The Kier molecular flexibility index (Phi) is 7.39. The van der Waals surface area contributed by atoms with E-state index in [0.29, 0.717) is 0 Å². The first-order chi connectivity index (χ1) is 6.61. The van der Waals surface area contributed by atoms with E-state index in [1.807, 2.05) is 0 Å². The summed E-state index contributed by atoms with van der Waals surface area (Å²) in [6, 6.07) is 0. The van der Waals surface area contributed by atoms with Gasteiger partial charge >= 0.3 is 0 Å². The molecule has 0 aliphatic heterocycles. The molecule has 0 radical (unpaired) electrons. The SMILES string of the molecule is CCCNC(CC([SiH3])(OC)OC)OC. The van der Waals surface area contributed by atoms with Gasteiger partial charge in [-0.15, -0.1) is 0 Å². The van der Waals surface area contributed by atoms with Crippen LogP contribution in [0.5, 0.6) is 0 Å². The summed E-state index contributed by atoms with van der Waals surface area (Å²) in [6.07, 6.45) is 1.82. The summed E-state index contributed by atoms with van der Waals surface area (Å²) in [6.45, 7) is 3.07. The molecule has 86 valence electrons. The Morgan fingerprint density at radius 1 is 1.29 bits per heavy atom. The van der Waals surface area contributed by atoms with Crippen LogP contribution in [-0.2, 0) is 14.2 Å². The van der Waals surface area contributed by atoms with Gasteiger partial charge in [-0.1, -0.05) is 6.92 Å². The number of hydrogen-bond acceptors (Lipinski definition) is 4. The van der Waals surface area contributed by atoms with Crippen LogP contribution in [0.4, 0.5) is 0 Å². The summed E-state index contributed by atoms with van der Waals surface area (Å²) < 4.78 is 15.9. The molecule has 0 aliphatic rings. The molecule has 0 heterocycles. The summed E-state index contributed by atoms with van der Waals surface area (Å²) in [4.78, 5) is 0. The van der Waals surface area contributed by atoms with Crippen LogP contribution in [0.1, 0.15) is 19.8 Å². The zero-order chi connectivity index (χ0) is 11.0. The molecule has 0 fully saturated rings. The van der Waals surface area contributed by atoms with E-state index in [2.05, 4.69) is 12.2 Å². The van der Waals surface area contributed by atoms with Crippen LogP contribution < -0.4 is 5.32 Å². The topological polar surface area (TPSA) is 39.7 Å². The van der Waals surface area contributed by atoms with Crippen molar-refractivity contribution in [1.82, 2.24) is 5.32 Å². The van der Waals surface area contributed by atoms with Gasteiger partial charge in [0.1, 0.15) is 11.6 Å². The first-order valence-electron chi connectivity index (χ1n) is 4.98. The third-order valence-electron chi connectivity index (χ3n) is 2.33. The Labute approximate surface area is 89.7 Å². The van der Waals surface area contributed by atoms with Gasteiger partial charge in [-0.2, -0.15) is 0 Å². The number of hydrogen-bond donors (Lipinski definition) is 1. The number of methoxy groups -OCH3 is 3. The molecule has 0 saturated heterocycles. The fraction of sp³-hybridized carbons (Fsp3) is 1.00. The van der Waals surface area contributed by atoms with Crippen LogP contribution in [0.3, 0.4) is 0 Å². The quantitative estimate of drug-likeness (QED) is 0.450. The van der Waals surface area contributed by atoms with E-state index in [4.69, 9.17) is 14.2 Å². The van der Waals surface area contributed by atoms with Crippen molar-refractivity contribution >= 4 is 10.2 Å². The monoisotopic (exact) mass is 221 g/mol. The molecular weight excluding hydrogens is 198 g/mol. The highest BCUT2D eigenvalue weighted by Gasteiger charge is 2.26. The Morgan fingerprint density at radius 2 is 1.86 bits per heavy atom. The molecular formula is C9H23NO3Si. The third-order valence-corrected chi connectivity index (χ3v) is 3.55. The average molecular weight is 221 g/mol. The van der Waals surface area contributed by atoms with Crippen LogP contribution in [0, 0.1) is 0 Å². The van der Waals surface area contributed by atoms with Crippen molar-refractivity contribution in [3.63, 3.8) is 0 Å². The number of ether oxygens (including phenoxy) is 3. The maximum absolute atomic E-state index is 5.32. The first-order valence-corrected chi connectivity index (χ1v) is 5.98. The molecule has 1 unspecified atom stereocenters. The molecule has 14 heavy (non-hydrogen) atoms. The second-order valence-electron chi connectivity index (χ2n) is 3.42. The van der Waals surface area contributed by atoms with Gasteiger partial charge < -0.3 is 14.2 Å². The van der Waals surface area contributed by atoms with Gasteiger partial charge in [0.2, 0.25) is 0 Å². The number of rotatable bonds is 8. The van der Waals surface area contributed by atoms with E-state index in [1.165, 1.54) is 0 Å². The largest absolute Gasteiger partial charge is 0.366 e. The van der Waals surface area contributed by atoms with Crippen LogP contribution in [-0.4, -0.2) is 49.8 Å². The molecule has 0 spiro atoms. The van der Waals surface area contributed by atoms with E-state index in [1.54, 1.807) is 21.3 Å².